The van der Waals surface area contributed by atoms with Gasteiger partial charge in [-0.25, -0.2) is 13.9 Å². The van der Waals surface area contributed by atoms with Crippen LogP contribution in [-0.2, 0) is 6.54 Å². The number of nitriles is 1. The molecule has 3 aromatic rings. The van der Waals surface area contributed by atoms with Crippen molar-refractivity contribution in [2.24, 2.45) is 0 Å². The SMILES string of the molecule is N#Cc1c(F)cccc1-n1ccc(NC(=O)NCc2nnc(C3CC3)o2)n1. The summed E-state index contributed by atoms with van der Waals surface area (Å²) < 4.78 is 20.5. The van der Waals surface area contributed by atoms with Crippen molar-refractivity contribution in [2.45, 2.75) is 25.3 Å². The number of aromatic nitrogens is 4. The van der Waals surface area contributed by atoms with Gasteiger partial charge in [0.1, 0.15) is 17.4 Å². The van der Waals surface area contributed by atoms with Crippen molar-refractivity contribution in [1.29, 1.82) is 5.26 Å². The zero-order chi connectivity index (χ0) is 18.8. The van der Waals surface area contributed by atoms with E-state index >= 15 is 0 Å². The van der Waals surface area contributed by atoms with Crippen molar-refractivity contribution in [3.63, 3.8) is 0 Å². The lowest BCUT2D eigenvalue weighted by Gasteiger charge is -2.05. The topological polar surface area (TPSA) is 122 Å². The van der Waals surface area contributed by atoms with Gasteiger partial charge in [0.2, 0.25) is 11.8 Å². The molecule has 1 fully saturated rings. The van der Waals surface area contributed by atoms with Crippen LogP contribution in [0, 0.1) is 17.1 Å². The van der Waals surface area contributed by atoms with Gasteiger partial charge >= 0.3 is 6.03 Å². The van der Waals surface area contributed by atoms with Gasteiger partial charge in [-0.2, -0.15) is 5.26 Å². The molecule has 1 aliphatic carbocycles. The largest absolute Gasteiger partial charge is 0.423 e. The van der Waals surface area contributed by atoms with Gasteiger partial charge in [-0.1, -0.05) is 6.07 Å². The Labute approximate surface area is 152 Å². The van der Waals surface area contributed by atoms with Gasteiger partial charge in [-0.3, -0.25) is 5.32 Å². The zero-order valence-electron chi connectivity index (χ0n) is 14.0. The van der Waals surface area contributed by atoms with E-state index in [1.165, 1.54) is 29.1 Å². The Hall–Kier alpha value is -3.74. The number of hydrogen-bond acceptors (Lipinski definition) is 6. The summed E-state index contributed by atoms with van der Waals surface area (Å²) in [6.07, 6.45) is 3.62. The second-order valence-electron chi connectivity index (χ2n) is 6.01. The average molecular weight is 367 g/mol. The fraction of sp³-hybridized carbons (Fsp3) is 0.235. The van der Waals surface area contributed by atoms with Crippen LogP contribution in [-0.4, -0.2) is 26.0 Å². The highest BCUT2D eigenvalue weighted by atomic mass is 19.1. The summed E-state index contributed by atoms with van der Waals surface area (Å²) in [5.41, 5.74) is 0.156. The lowest BCUT2D eigenvalue weighted by atomic mass is 10.2. The van der Waals surface area contributed by atoms with Gasteiger partial charge in [-0.05, 0) is 25.0 Å². The number of hydrogen-bond donors (Lipinski definition) is 2. The third-order valence-corrected chi connectivity index (χ3v) is 3.99. The first-order valence-electron chi connectivity index (χ1n) is 8.26. The van der Waals surface area contributed by atoms with E-state index < -0.39 is 11.8 Å². The molecular weight excluding hydrogens is 353 g/mol. The number of halogens is 1. The van der Waals surface area contributed by atoms with Crippen molar-refractivity contribution in [3.05, 3.63) is 53.6 Å². The van der Waals surface area contributed by atoms with Crippen molar-refractivity contribution in [3.8, 4) is 11.8 Å². The molecule has 2 aromatic heterocycles. The first kappa shape index (κ1) is 16.7. The second-order valence-corrected chi connectivity index (χ2v) is 6.01. The Morgan fingerprint density at radius 2 is 2.22 bits per heavy atom. The van der Waals surface area contributed by atoms with Gasteiger partial charge in [0.25, 0.3) is 0 Å². The number of amides is 2. The summed E-state index contributed by atoms with van der Waals surface area (Å²) in [6, 6.07) is 7.07. The van der Waals surface area contributed by atoms with Gasteiger partial charge in [0.15, 0.2) is 5.82 Å². The van der Waals surface area contributed by atoms with Crippen LogP contribution in [0.15, 0.2) is 34.9 Å². The fourth-order valence-electron chi connectivity index (χ4n) is 2.49. The van der Waals surface area contributed by atoms with Gasteiger partial charge in [0, 0.05) is 18.2 Å². The molecule has 2 heterocycles. The van der Waals surface area contributed by atoms with Crippen LogP contribution in [0.5, 0.6) is 0 Å². The quantitative estimate of drug-likeness (QED) is 0.714. The smallest absolute Gasteiger partial charge is 0.320 e. The molecule has 0 spiro atoms. The zero-order valence-corrected chi connectivity index (χ0v) is 14.0. The minimum atomic E-state index is -0.636. The lowest BCUT2D eigenvalue weighted by Crippen LogP contribution is -2.28. The predicted octanol–water partition coefficient (Wildman–Crippen LogP) is 2.47. The van der Waals surface area contributed by atoms with E-state index in [0.29, 0.717) is 17.7 Å². The third-order valence-electron chi connectivity index (χ3n) is 3.99. The Morgan fingerprint density at radius 1 is 1.37 bits per heavy atom. The number of carbonyl (C=O) groups excluding carboxylic acids is 1. The van der Waals surface area contributed by atoms with E-state index in [2.05, 4.69) is 25.9 Å². The fourth-order valence-corrected chi connectivity index (χ4v) is 2.49. The Bertz CT molecular complexity index is 1030. The molecule has 4 rings (SSSR count). The van der Waals surface area contributed by atoms with Crippen molar-refractivity contribution in [1.82, 2.24) is 25.3 Å². The van der Waals surface area contributed by atoms with E-state index in [1.54, 1.807) is 12.1 Å². The number of nitrogens with zero attached hydrogens (tertiary/aromatic N) is 5. The number of rotatable bonds is 5. The minimum Gasteiger partial charge on any atom is -0.423 e. The van der Waals surface area contributed by atoms with Crippen LogP contribution in [0.1, 0.15) is 36.1 Å². The Kier molecular flexibility index (Phi) is 4.25. The van der Waals surface area contributed by atoms with Crippen LogP contribution in [0.2, 0.25) is 0 Å². The maximum atomic E-state index is 13.7. The number of carbonyl (C=O) groups is 1. The van der Waals surface area contributed by atoms with E-state index in [-0.39, 0.29) is 23.6 Å². The van der Waals surface area contributed by atoms with Gasteiger partial charge in [0.05, 0.1) is 12.2 Å². The van der Waals surface area contributed by atoms with Crippen LogP contribution in [0.3, 0.4) is 0 Å². The number of urea groups is 1. The molecule has 1 saturated carbocycles. The molecule has 2 N–H and O–H groups in total. The van der Waals surface area contributed by atoms with Crippen LogP contribution in [0.4, 0.5) is 15.0 Å². The summed E-state index contributed by atoms with van der Waals surface area (Å²) in [4.78, 5) is 12.0. The first-order chi connectivity index (χ1) is 13.1. The molecule has 1 aromatic carbocycles. The molecule has 0 saturated heterocycles. The van der Waals surface area contributed by atoms with Crippen molar-refractivity contribution >= 4 is 11.8 Å². The summed E-state index contributed by atoms with van der Waals surface area (Å²) >= 11 is 0. The van der Waals surface area contributed by atoms with E-state index in [4.69, 9.17) is 9.68 Å². The number of nitrogens with one attached hydrogen (secondary N) is 2. The van der Waals surface area contributed by atoms with Gasteiger partial charge < -0.3 is 9.73 Å². The highest BCUT2D eigenvalue weighted by molar-refractivity contribution is 5.88. The van der Waals surface area contributed by atoms with Crippen LogP contribution < -0.4 is 10.6 Å². The molecule has 0 atom stereocenters. The maximum absolute atomic E-state index is 13.7. The van der Waals surface area contributed by atoms with Crippen LogP contribution in [0.25, 0.3) is 5.69 Å². The highest BCUT2D eigenvalue weighted by Crippen LogP contribution is 2.38. The van der Waals surface area contributed by atoms with Crippen molar-refractivity contribution < 1.29 is 13.6 Å². The van der Waals surface area contributed by atoms with Gasteiger partial charge in [-0.15, -0.1) is 15.3 Å². The molecule has 1 aliphatic rings. The Morgan fingerprint density at radius 3 is 3.00 bits per heavy atom. The summed E-state index contributed by atoms with van der Waals surface area (Å²) in [5, 5.41) is 26.2. The molecule has 0 bridgehead atoms. The second kappa shape index (κ2) is 6.87. The van der Waals surface area contributed by atoms with E-state index in [0.717, 1.165) is 12.8 Å². The summed E-state index contributed by atoms with van der Waals surface area (Å²) in [5.74, 6) is 0.892. The maximum Gasteiger partial charge on any atom is 0.320 e. The monoisotopic (exact) mass is 367 g/mol. The average Bonchev–Trinajstić information content (AvgIpc) is 3.23. The molecule has 0 radical (unpaired) electrons. The molecule has 9 nitrogen and oxygen atoms in total. The summed E-state index contributed by atoms with van der Waals surface area (Å²) in [7, 11) is 0. The molecule has 136 valence electrons. The molecule has 27 heavy (non-hydrogen) atoms. The summed E-state index contributed by atoms with van der Waals surface area (Å²) in [6.45, 7) is 0.0920. The standard InChI is InChI=1S/C17H14FN7O2/c18-12-2-1-3-13(11(12)8-19)25-7-6-14(24-25)21-17(26)20-9-15-22-23-16(27-15)10-4-5-10/h1-3,6-7,10H,4-5,9H2,(H2,20,21,24,26). The van der Waals surface area contributed by atoms with Crippen molar-refractivity contribution in [2.75, 3.05) is 5.32 Å². The minimum absolute atomic E-state index is 0.0920. The lowest BCUT2D eigenvalue weighted by molar-refractivity contribution is 0.250. The molecule has 10 heteroatoms. The predicted molar refractivity (Wildman–Crippen MR) is 90.4 cm³/mol. The number of benzene rings is 1. The normalized spacial score (nSPS) is 13.2. The first-order valence-corrected chi connectivity index (χ1v) is 8.26. The number of anilines is 1. The Balaban J connectivity index is 1.38. The third kappa shape index (κ3) is 3.62. The molecule has 0 unspecified atom stereocenters. The molecule has 0 aliphatic heterocycles. The van der Waals surface area contributed by atoms with E-state index in [1.807, 2.05) is 0 Å². The van der Waals surface area contributed by atoms with Crippen LogP contribution >= 0.6 is 0 Å². The molecule has 2 amide bonds. The van der Waals surface area contributed by atoms with E-state index in [9.17, 15) is 9.18 Å². The molecular formula is C17H14FN7O2. The highest BCUT2D eigenvalue weighted by Gasteiger charge is 2.29.